The van der Waals surface area contributed by atoms with Crippen molar-refractivity contribution in [2.75, 3.05) is 20.1 Å². The molecule has 4 nitrogen and oxygen atoms in total. The summed E-state index contributed by atoms with van der Waals surface area (Å²) >= 11 is 0. The van der Waals surface area contributed by atoms with Gasteiger partial charge in [0.2, 0.25) is 0 Å². The molecule has 1 saturated heterocycles. The van der Waals surface area contributed by atoms with Gasteiger partial charge < -0.3 is 4.90 Å². The summed E-state index contributed by atoms with van der Waals surface area (Å²) in [4.78, 5) is 14.7. The zero-order valence-corrected chi connectivity index (χ0v) is 13.3. The SMILES string of the molecule is Cc1ccc(=O)n(C(c2ccccc2)C2CCN(C)CC2)n1. The second kappa shape index (κ2) is 6.44. The van der Waals surface area contributed by atoms with Crippen LogP contribution in [0, 0.1) is 12.8 Å². The van der Waals surface area contributed by atoms with Crippen LogP contribution in [0.4, 0.5) is 0 Å². The Morgan fingerprint density at radius 1 is 1.09 bits per heavy atom. The Balaban J connectivity index is 2.03. The molecule has 0 spiro atoms. The van der Waals surface area contributed by atoms with Crippen LogP contribution in [-0.4, -0.2) is 34.8 Å². The lowest BCUT2D eigenvalue weighted by atomic mass is 9.85. The first-order chi connectivity index (χ1) is 10.6. The van der Waals surface area contributed by atoms with E-state index in [1.807, 2.05) is 25.1 Å². The van der Waals surface area contributed by atoms with Crippen molar-refractivity contribution in [3.8, 4) is 0 Å². The summed E-state index contributed by atoms with van der Waals surface area (Å²) < 4.78 is 1.70. The first kappa shape index (κ1) is 15.0. The lowest BCUT2D eigenvalue weighted by Gasteiger charge is -2.34. The van der Waals surface area contributed by atoms with Gasteiger partial charge in [0.15, 0.2) is 0 Å². The van der Waals surface area contributed by atoms with Crippen molar-refractivity contribution in [2.24, 2.45) is 5.92 Å². The van der Waals surface area contributed by atoms with E-state index in [1.54, 1.807) is 16.8 Å². The maximum absolute atomic E-state index is 12.4. The number of hydrogen-bond acceptors (Lipinski definition) is 3. The molecule has 2 heterocycles. The Morgan fingerprint density at radius 2 is 1.77 bits per heavy atom. The first-order valence-electron chi connectivity index (χ1n) is 7.95. The van der Waals surface area contributed by atoms with Gasteiger partial charge in [0.25, 0.3) is 5.56 Å². The topological polar surface area (TPSA) is 38.1 Å². The molecule has 0 N–H and O–H groups in total. The highest BCUT2D eigenvalue weighted by Gasteiger charge is 2.29. The fraction of sp³-hybridized carbons (Fsp3) is 0.444. The third kappa shape index (κ3) is 3.12. The predicted molar refractivity (Wildman–Crippen MR) is 88.0 cm³/mol. The van der Waals surface area contributed by atoms with Crippen LogP contribution in [-0.2, 0) is 0 Å². The molecule has 0 aliphatic carbocycles. The van der Waals surface area contributed by atoms with Gasteiger partial charge in [0.1, 0.15) is 0 Å². The van der Waals surface area contributed by atoms with Gasteiger partial charge in [-0.1, -0.05) is 30.3 Å². The summed E-state index contributed by atoms with van der Waals surface area (Å²) in [6.07, 6.45) is 2.19. The van der Waals surface area contributed by atoms with Gasteiger partial charge in [-0.25, -0.2) is 4.68 Å². The molecule has 0 saturated carbocycles. The van der Waals surface area contributed by atoms with Crippen LogP contribution in [0.15, 0.2) is 47.3 Å². The molecule has 2 aromatic rings. The molecule has 0 bridgehead atoms. The maximum atomic E-state index is 12.4. The summed E-state index contributed by atoms with van der Waals surface area (Å²) in [6, 6.07) is 13.8. The first-order valence-corrected chi connectivity index (χ1v) is 7.95. The van der Waals surface area contributed by atoms with E-state index in [-0.39, 0.29) is 11.6 Å². The summed E-state index contributed by atoms with van der Waals surface area (Å²) in [5, 5.41) is 4.53. The van der Waals surface area contributed by atoms with E-state index >= 15 is 0 Å². The van der Waals surface area contributed by atoms with Gasteiger partial charge in [-0.15, -0.1) is 0 Å². The van der Waals surface area contributed by atoms with E-state index in [9.17, 15) is 4.79 Å². The number of aryl methyl sites for hydroxylation is 1. The number of likely N-dealkylation sites (tertiary alicyclic amines) is 1. The van der Waals surface area contributed by atoms with Crippen molar-refractivity contribution in [3.05, 3.63) is 64.1 Å². The summed E-state index contributed by atoms with van der Waals surface area (Å²) in [5.74, 6) is 0.450. The molecule has 1 aromatic carbocycles. The quantitative estimate of drug-likeness (QED) is 0.873. The van der Waals surface area contributed by atoms with Crippen LogP contribution in [0.25, 0.3) is 0 Å². The second-order valence-electron chi connectivity index (χ2n) is 6.25. The molecule has 1 aliphatic rings. The van der Waals surface area contributed by atoms with E-state index in [0.717, 1.165) is 31.6 Å². The van der Waals surface area contributed by atoms with E-state index in [1.165, 1.54) is 5.56 Å². The monoisotopic (exact) mass is 297 g/mol. The molecule has 0 radical (unpaired) electrons. The number of nitrogens with zero attached hydrogens (tertiary/aromatic N) is 3. The molecule has 116 valence electrons. The molecule has 0 amide bonds. The summed E-state index contributed by atoms with van der Waals surface area (Å²) in [6.45, 7) is 4.09. The standard InChI is InChI=1S/C18H23N3O/c1-14-8-9-17(22)21(19-14)18(15-6-4-3-5-7-15)16-10-12-20(2)13-11-16/h3-9,16,18H,10-13H2,1-2H3. The van der Waals surface area contributed by atoms with Crippen LogP contribution in [0.5, 0.6) is 0 Å². The average Bonchev–Trinajstić information content (AvgIpc) is 2.54. The Kier molecular flexibility index (Phi) is 4.39. The molecule has 4 heteroatoms. The normalized spacial score (nSPS) is 18.3. The fourth-order valence-electron chi connectivity index (χ4n) is 3.33. The van der Waals surface area contributed by atoms with E-state index in [0.29, 0.717) is 5.92 Å². The molecular formula is C18H23N3O. The Hall–Kier alpha value is -1.94. The van der Waals surface area contributed by atoms with Gasteiger partial charge in [-0.2, -0.15) is 5.10 Å². The van der Waals surface area contributed by atoms with Crippen molar-refractivity contribution in [1.82, 2.24) is 14.7 Å². The van der Waals surface area contributed by atoms with Gasteiger partial charge in [-0.05, 0) is 57.5 Å². The van der Waals surface area contributed by atoms with E-state index < -0.39 is 0 Å². The largest absolute Gasteiger partial charge is 0.306 e. The molecular weight excluding hydrogens is 274 g/mol. The minimum atomic E-state index is -0.0154. The summed E-state index contributed by atoms with van der Waals surface area (Å²) in [7, 11) is 2.16. The average molecular weight is 297 g/mol. The van der Waals surface area contributed by atoms with Gasteiger partial charge >= 0.3 is 0 Å². The van der Waals surface area contributed by atoms with E-state index in [2.05, 4.69) is 29.2 Å². The fourth-order valence-corrected chi connectivity index (χ4v) is 3.33. The molecule has 1 aliphatic heterocycles. The van der Waals surface area contributed by atoms with Gasteiger partial charge in [0.05, 0.1) is 11.7 Å². The number of piperidine rings is 1. The van der Waals surface area contributed by atoms with Crippen LogP contribution in [0.3, 0.4) is 0 Å². The smallest absolute Gasteiger partial charge is 0.267 e. The van der Waals surface area contributed by atoms with Crippen molar-refractivity contribution in [1.29, 1.82) is 0 Å². The van der Waals surface area contributed by atoms with E-state index in [4.69, 9.17) is 0 Å². The lowest BCUT2D eigenvalue weighted by molar-refractivity contribution is 0.179. The Morgan fingerprint density at radius 3 is 2.45 bits per heavy atom. The number of rotatable bonds is 3. The van der Waals surface area contributed by atoms with Crippen LogP contribution >= 0.6 is 0 Å². The maximum Gasteiger partial charge on any atom is 0.267 e. The van der Waals surface area contributed by atoms with Crippen molar-refractivity contribution < 1.29 is 0 Å². The Bertz CT molecular complexity index is 672. The summed E-state index contributed by atoms with van der Waals surface area (Å²) in [5.41, 5.74) is 2.05. The highest BCUT2D eigenvalue weighted by atomic mass is 16.1. The minimum Gasteiger partial charge on any atom is -0.306 e. The van der Waals surface area contributed by atoms with Gasteiger partial charge in [0, 0.05) is 6.07 Å². The molecule has 1 atom stereocenters. The highest BCUT2D eigenvalue weighted by molar-refractivity contribution is 5.21. The lowest BCUT2D eigenvalue weighted by Crippen LogP contribution is -2.38. The third-order valence-corrected chi connectivity index (χ3v) is 4.57. The van der Waals surface area contributed by atoms with Crippen molar-refractivity contribution in [3.63, 3.8) is 0 Å². The van der Waals surface area contributed by atoms with Gasteiger partial charge in [-0.3, -0.25) is 4.79 Å². The highest BCUT2D eigenvalue weighted by Crippen LogP contribution is 2.32. The molecule has 22 heavy (non-hydrogen) atoms. The molecule has 3 rings (SSSR count). The molecule has 1 unspecified atom stereocenters. The van der Waals surface area contributed by atoms with Crippen molar-refractivity contribution >= 4 is 0 Å². The molecule has 1 aromatic heterocycles. The number of hydrogen-bond donors (Lipinski definition) is 0. The zero-order chi connectivity index (χ0) is 15.5. The number of aromatic nitrogens is 2. The van der Waals surface area contributed by atoms with Crippen LogP contribution in [0.1, 0.15) is 30.1 Å². The molecule has 1 fully saturated rings. The van der Waals surface area contributed by atoms with Crippen LogP contribution < -0.4 is 5.56 Å². The van der Waals surface area contributed by atoms with Crippen LogP contribution in [0.2, 0.25) is 0 Å². The minimum absolute atomic E-state index is 0.0154. The Labute approximate surface area is 131 Å². The third-order valence-electron chi connectivity index (χ3n) is 4.57. The number of benzene rings is 1. The second-order valence-corrected chi connectivity index (χ2v) is 6.25. The zero-order valence-electron chi connectivity index (χ0n) is 13.3. The van der Waals surface area contributed by atoms with Crippen molar-refractivity contribution in [2.45, 2.75) is 25.8 Å². The predicted octanol–water partition coefficient (Wildman–Crippen LogP) is 2.48.